The number of carbonyl (C=O) groups is 2. The molecule has 2 amide bonds. The van der Waals surface area contributed by atoms with Crippen molar-refractivity contribution in [2.45, 2.75) is 57.6 Å². The van der Waals surface area contributed by atoms with Crippen LogP contribution in [0.1, 0.15) is 38.8 Å². The summed E-state index contributed by atoms with van der Waals surface area (Å²) in [6, 6.07) is 17.0. The molecule has 11 heteroatoms. The van der Waals surface area contributed by atoms with E-state index in [1.807, 2.05) is 27.7 Å². The minimum atomic E-state index is -4.23. The Labute approximate surface area is 253 Å². The van der Waals surface area contributed by atoms with Crippen molar-refractivity contribution in [2.24, 2.45) is 0 Å². The van der Waals surface area contributed by atoms with Gasteiger partial charge in [0.2, 0.25) is 11.8 Å². The van der Waals surface area contributed by atoms with E-state index in [1.165, 1.54) is 49.5 Å². The summed E-state index contributed by atoms with van der Waals surface area (Å²) in [5, 5.41) is 3.09. The zero-order valence-corrected chi connectivity index (χ0v) is 26.5. The van der Waals surface area contributed by atoms with Gasteiger partial charge in [-0.05, 0) is 82.6 Å². The minimum Gasteiger partial charge on any atom is -0.497 e. The molecule has 0 aliphatic rings. The number of benzene rings is 3. The summed E-state index contributed by atoms with van der Waals surface area (Å²) in [5.74, 6) is -0.0223. The van der Waals surface area contributed by atoms with Gasteiger partial charge in [0.1, 0.15) is 24.1 Å². The third-order valence-electron chi connectivity index (χ3n) is 6.46. The van der Waals surface area contributed by atoms with Crippen molar-refractivity contribution in [1.29, 1.82) is 0 Å². The predicted octanol–water partition coefficient (Wildman–Crippen LogP) is 5.19. The summed E-state index contributed by atoms with van der Waals surface area (Å²) in [6.07, 6.45) is 0. The maximum absolute atomic E-state index is 14.1. The molecule has 9 nitrogen and oxygen atoms in total. The SMILES string of the molecule is COc1cccc(CN(C(=O)CN(c2ccc(OC)c(Cl)c2)S(=O)(=O)c2ccc(C)cc2)[C@H](C)C(=O)NC(C)(C)C)c1. The summed E-state index contributed by atoms with van der Waals surface area (Å²) in [4.78, 5) is 28.7. The lowest BCUT2D eigenvalue weighted by Gasteiger charge is -2.33. The first-order valence-electron chi connectivity index (χ1n) is 13.3. The van der Waals surface area contributed by atoms with Gasteiger partial charge >= 0.3 is 0 Å². The molecule has 0 aliphatic carbocycles. The maximum atomic E-state index is 14.1. The number of aryl methyl sites for hydroxylation is 1. The molecular weight excluding hydrogens is 578 g/mol. The number of carbonyl (C=O) groups excluding carboxylic acids is 2. The van der Waals surface area contributed by atoms with Gasteiger partial charge in [-0.25, -0.2) is 8.42 Å². The molecule has 42 heavy (non-hydrogen) atoms. The average molecular weight is 616 g/mol. The summed E-state index contributed by atoms with van der Waals surface area (Å²) in [6.45, 7) is 8.44. The van der Waals surface area contributed by atoms with E-state index in [9.17, 15) is 18.0 Å². The van der Waals surface area contributed by atoms with E-state index >= 15 is 0 Å². The second-order valence-corrected chi connectivity index (χ2v) is 13.2. The number of sulfonamides is 1. The van der Waals surface area contributed by atoms with Crippen LogP contribution in [-0.4, -0.2) is 57.5 Å². The molecule has 0 saturated heterocycles. The molecule has 226 valence electrons. The zero-order chi connectivity index (χ0) is 31.2. The zero-order valence-electron chi connectivity index (χ0n) is 25.0. The highest BCUT2D eigenvalue weighted by molar-refractivity contribution is 7.92. The Bertz CT molecular complexity index is 1520. The molecular formula is C31H38ClN3O6S. The van der Waals surface area contributed by atoms with E-state index in [0.717, 1.165) is 9.87 Å². The average Bonchev–Trinajstić information content (AvgIpc) is 2.93. The number of amides is 2. The lowest BCUT2D eigenvalue weighted by molar-refractivity contribution is -0.140. The number of ether oxygens (including phenoxy) is 2. The molecule has 0 aliphatic heterocycles. The van der Waals surface area contributed by atoms with Crippen molar-refractivity contribution in [1.82, 2.24) is 10.2 Å². The Hall–Kier alpha value is -3.76. The number of halogens is 1. The second-order valence-electron chi connectivity index (χ2n) is 10.9. The summed E-state index contributed by atoms with van der Waals surface area (Å²) < 4.78 is 39.5. The van der Waals surface area contributed by atoms with E-state index in [0.29, 0.717) is 17.1 Å². The highest BCUT2D eigenvalue weighted by atomic mass is 35.5. The molecule has 0 bridgehead atoms. The number of anilines is 1. The van der Waals surface area contributed by atoms with Crippen molar-refractivity contribution < 1.29 is 27.5 Å². The molecule has 3 aromatic rings. The molecule has 0 unspecified atom stereocenters. The van der Waals surface area contributed by atoms with Crippen molar-refractivity contribution in [3.8, 4) is 11.5 Å². The van der Waals surface area contributed by atoms with Crippen LogP contribution in [0.4, 0.5) is 5.69 Å². The molecule has 0 saturated carbocycles. The molecule has 0 spiro atoms. The molecule has 0 radical (unpaired) electrons. The number of hydrogen-bond acceptors (Lipinski definition) is 6. The van der Waals surface area contributed by atoms with Gasteiger partial charge in [-0.3, -0.25) is 13.9 Å². The highest BCUT2D eigenvalue weighted by Crippen LogP contribution is 2.32. The number of nitrogens with zero attached hydrogens (tertiary/aromatic N) is 2. The van der Waals surface area contributed by atoms with Crippen molar-refractivity contribution in [3.63, 3.8) is 0 Å². The molecule has 3 rings (SSSR count). The van der Waals surface area contributed by atoms with E-state index in [1.54, 1.807) is 43.3 Å². The van der Waals surface area contributed by atoms with E-state index in [4.69, 9.17) is 21.1 Å². The van der Waals surface area contributed by atoms with Crippen molar-refractivity contribution >= 4 is 39.1 Å². The monoisotopic (exact) mass is 615 g/mol. The summed E-state index contributed by atoms with van der Waals surface area (Å²) in [7, 11) is -1.24. The standard InChI is InChI=1S/C31H38ClN3O6S/c1-21-11-14-26(15-12-21)42(38,39)35(24-13-16-28(41-7)27(32)18-24)20-29(36)34(22(2)30(37)33-31(3,4)5)19-23-9-8-10-25(17-23)40-6/h8-18,22H,19-20H2,1-7H3,(H,33,37)/t22-/m1/s1. The van der Waals surface area contributed by atoms with E-state index < -0.39 is 34.1 Å². The maximum Gasteiger partial charge on any atom is 0.264 e. The predicted molar refractivity (Wildman–Crippen MR) is 165 cm³/mol. The van der Waals surface area contributed by atoms with Crippen LogP contribution >= 0.6 is 11.6 Å². The van der Waals surface area contributed by atoms with Crippen LogP contribution in [0.3, 0.4) is 0 Å². The highest BCUT2D eigenvalue weighted by Gasteiger charge is 2.33. The Balaban J connectivity index is 2.08. The number of rotatable bonds is 11. The molecule has 0 fully saturated rings. The van der Waals surface area contributed by atoms with Crippen molar-refractivity contribution in [2.75, 3.05) is 25.1 Å². The van der Waals surface area contributed by atoms with Gasteiger partial charge in [0.15, 0.2) is 0 Å². The van der Waals surface area contributed by atoms with Crippen LogP contribution in [0.25, 0.3) is 0 Å². The topological polar surface area (TPSA) is 105 Å². The lowest BCUT2D eigenvalue weighted by Crippen LogP contribution is -2.54. The van der Waals surface area contributed by atoms with Crippen LogP contribution in [0.15, 0.2) is 71.6 Å². The van der Waals surface area contributed by atoms with Crippen LogP contribution in [-0.2, 0) is 26.2 Å². The second kappa shape index (κ2) is 13.5. The van der Waals surface area contributed by atoms with Gasteiger partial charge in [-0.1, -0.05) is 41.4 Å². The molecule has 1 N–H and O–H groups in total. The van der Waals surface area contributed by atoms with Crippen LogP contribution in [0, 0.1) is 6.92 Å². The van der Waals surface area contributed by atoms with Crippen LogP contribution < -0.4 is 19.1 Å². The quantitative estimate of drug-likeness (QED) is 0.318. The third kappa shape index (κ3) is 8.17. The Morgan fingerprint density at radius 2 is 1.64 bits per heavy atom. The van der Waals surface area contributed by atoms with Gasteiger partial charge < -0.3 is 19.7 Å². The smallest absolute Gasteiger partial charge is 0.264 e. The number of methoxy groups -OCH3 is 2. The fourth-order valence-electron chi connectivity index (χ4n) is 4.20. The minimum absolute atomic E-state index is 0.00529. The molecule has 1 atom stereocenters. The Kier molecular flexibility index (Phi) is 10.5. The first kappa shape index (κ1) is 32.8. The van der Waals surface area contributed by atoms with Crippen LogP contribution in [0.2, 0.25) is 5.02 Å². The fourth-order valence-corrected chi connectivity index (χ4v) is 5.86. The number of nitrogens with one attached hydrogen (secondary N) is 1. The summed E-state index contributed by atoms with van der Waals surface area (Å²) in [5.41, 5.74) is 1.21. The Morgan fingerprint density at radius 3 is 2.21 bits per heavy atom. The molecule has 3 aromatic carbocycles. The fraction of sp³-hybridized carbons (Fsp3) is 0.355. The van der Waals surface area contributed by atoms with Crippen molar-refractivity contribution in [3.05, 3.63) is 82.9 Å². The first-order chi connectivity index (χ1) is 19.7. The van der Waals surface area contributed by atoms with Gasteiger partial charge in [0.05, 0.1) is 29.8 Å². The molecule has 0 heterocycles. The lowest BCUT2D eigenvalue weighted by atomic mass is 10.1. The first-order valence-corrected chi connectivity index (χ1v) is 15.2. The Morgan fingerprint density at radius 1 is 0.976 bits per heavy atom. The number of hydrogen-bond donors (Lipinski definition) is 1. The van der Waals surface area contributed by atoms with Gasteiger partial charge in [0, 0.05) is 12.1 Å². The third-order valence-corrected chi connectivity index (χ3v) is 8.55. The molecule has 0 aromatic heterocycles. The largest absolute Gasteiger partial charge is 0.497 e. The van der Waals surface area contributed by atoms with Gasteiger partial charge in [-0.2, -0.15) is 0 Å². The van der Waals surface area contributed by atoms with Gasteiger partial charge in [0.25, 0.3) is 10.0 Å². The summed E-state index contributed by atoms with van der Waals surface area (Å²) >= 11 is 6.37. The van der Waals surface area contributed by atoms with E-state index in [-0.39, 0.29) is 28.1 Å². The van der Waals surface area contributed by atoms with E-state index in [2.05, 4.69) is 5.32 Å². The van der Waals surface area contributed by atoms with Crippen LogP contribution in [0.5, 0.6) is 11.5 Å². The van der Waals surface area contributed by atoms with Gasteiger partial charge in [-0.15, -0.1) is 0 Å². The normalized spacial score (nSPS) is 12.3.